The molecule has 1 heterocycles. The lowest BCUT2D eigenvalue weighted by Crippen LogP contribution is -2.40. The SMILES string of the molecule is CC(C)(C)OC(=O)N[C@H](c1nc(C#C[Si](C)(C)C)c[nH]1)C(C)(C)C. The molecule has 1 atom stereocenters. The van der Waals surface area contributed by atoms with Crippen LogP contribution in [0, 0.1) is 16.9 Å². The molecule has 1 aromatic heterocycles. The maximum atomic E-state index is 12.2. The van der Waals surface area contributed by atoms with Gasteiger partial charge in [-0.3, -0.25) is 0 Å². The molecule has 0 bridgehead atoms. The average Bonchev–Trinajstić information content (AvgIpc) is 2.77. The third-order valence-corrected chi connectivity index (χ3v) is 3.84. The molecule has 24 heavy (non-hydrogen) atoms. The second-order valence-electron chi connectivity index (χ2n) is 9.12. The second kappa shape index (κ2) is 7.02. The first-order chi connectivity index (χ1) is 10.7. The number of aromatic nitrogens is 2. The van der Waals surface area contributed by atoms with Gasteiger partial charge in [-0.15, -0.1) is 5.54 Å². The highest BCUT2D eigenvalue weighted by molar-refractivity contribution is 6.83. The van der Waals surface area contributed by atoms with Crippen LogP contribution in [-0.2, 0) is 4.74 Å². The van der Waals surface area contributed by atoms with E-state index in [1.54, 1.807) is 6.20 Å². The summed E-state index contributed by atoms with van der Waals surface area (Å²) < 4.78 is 5.37. The van der Waals surface area contributed by atoms with Gasteiger partial charge in [-0.05, 0) is 26.2 Å². The van der Waals surface area contributed by atoms with Gasteiger partial charge in [-0.2, -0.15) is 0 Å². The molecule has 6 heteroatoms. The predicted octanol–water partition coefficient (Wildman–Crippen LogP) is 4.25. The van der Waals surface area contributed by atoms with Crippen molar-refractivity contribution in [2.45, 2.75) is 72.8 Å². The fourth-order valence-electron chi connectivity index (χ4n) is 1.92. The summed E-state index contributed by atoms with van der Waals surface area (Å²) in [6.07, 6.45) is 1.34. The van der Waals surface area contributed by atoms with Crippen molar-refractivity contribution in [1.82, 2.24) is 15.3 Å². The highest BCUT2D eigenvalue weighted by atomic mass is 28.3. The van der Waals surface area contributed by atoms with Crippen molar-refractivity contribution >= 4 is 14.2 Å². The summed E-state index contributed by atoms with van der Waals surface area (Å²) in [5.41, 5.74) is 3.23. The van der Waals surface area contributed by atoms with Gasteiger partial charge in [0, 0.05) is 6.20 Å². The number of nitrogens with zero attached hydrogens (tertiary/aromatic N) is 1. The Morgan fingerprint density at radius 2 is 1.83 bits per heavy atom. The van der Waals surface area contributed by atoms with E-state index in [0.29, 0.717) is 11.5 Å². The molecule has 5 nitrogen and oxygen atoms in total. The fourth-order valence-corrected chi connectivity index (χ4v) is 2.42. The molecule has 1 aromatic rings. The second-order valence-corrected chi connectivity index (χ2v) is 13.9. The number of carbonyl (C=O) groups is 1. The van der Waals surface area contributed by atoms with E-state index in [4.69, 9.17) is 4.74 Å². The van der Waals surface area contributed by atoms with Crippen molar-refractivity contribution in [2.24, 2.45) is 5.41 Å². The molecular formula is C18H31N3O2Si. The molecule has 0 aliphatic rings. The number of nitrogens with one attached hydrogen (secondary N) is 2. The zero-order valence-corrected chi connectivity index (χ0v) is 17.4. The van der Waals surface area contributed by atoms with E-state index in [1.165, 1.54) is 0 Å². The number of carbonyl (C=O) groups excluding carboxylic acids is 1. The van der Waals surface area contributed by atoms with E-state index in [0.717, 1.165) is 0 Å². The van der Waals surface area contributed by atoms with Gasteiger partial charge < -0.3 is 15.0 Å². The lowest BCUT2D eigenvalue weighted by Gasteiger charge is -2.31. The van der Waals surface area contributed by atoms with Crippen LogP contribution < -0.4 is 5.32 Å². The largest absolute Gasteiger partial charge is 0.444 e. The van der Waals surface area contributed by atoms with Crippen LogP contribution in [0.1, 0.15) is 59.1 Å². The summed E-state index contributed by atoms with van der Waals surface area (Å²) >= 11 is 0. The molecule has 0 saturated heterocycles. The van der Waals surface area contributed by atoms with E-state index in [1.807, 2.05) is 41.5 Å². The summed E-state index contributed by atoms with van der Waals surface area (Å²) in [5.74, 6) is 3.82. The van der Waals surface area contributed by atoms with Gasteiger partial charge in [-0.1, -0.05) is 46.3 Å². The Labute approximate surface area is 147 Å². The minimum absolute atomic E-state index is 0.224. The molecule has 0 aliphatic heterocycles. The number of imidazole rings is 1. The summed E-state index contributed by atoms with van der Waals surface area (Å²) in [4.78, 5) is 19.9. The molecule has 0 radical (unpaired) electrons. The third-order valence-electron chi connectivity index (χ3n) is 2.96. The van der Waals surface area contributed by atoms with Gasteiger partial charge in [0.1, 0.15) is 25.2 Å². The Balaban J connectivity index is 3.00. The molecule has 2 N–H and O–H groups in total. The monoisotopic (exact) mass is 349 g/mol. The molecule has 0 unspecified atom stereocenters. The van der Waals surface area contributed by atoms with Crippen LogP contribution in [0.4, 0.5) is 4.79 Å². The van der Waals surface area contributed by atoms with Crippen LogP contribution in [0.5, 0.6) is 0 Å². The molecule has 0 aliphatic carbocycles. The Hall–Kier alpha value is -1.74. The van der Waals surface area contributed by atoms with E-state index >= 15 is 0 Å². The van der Waals surface area contributed by atoms with Crippen LogP contribution >= 0.6 is 0 Å². The number of H-pyrrole nitrogens is 1. The van der Waals surface area contributed by atoms with Gasteiger partial charge in [0.15, 0.2) is 0 Å². The van der Waals surface area contributed by atoms with Gasteiger partial charge >= 0.3 is 6.09 Å². The summed E-state index contributed by atoms with van der Waals surface area (Å²) in [6, 6.07) is -0.296. The molecule has 0 aromatic carbocycles. The van der Waals surface area contributed by atoms with Gasteiger partial charge in [0.05, 0.1) is 6.04 Å². The number of amides is 1. The molecule has 1 amide bonds. The topological polar surface area (TPSA) is 67.0 Å². The van der Waals surface area contributed by atoms with Crippen LogP contribution in [0.3, 0.4) is 0 Å². The van der Waals surface area contributed by atoms with Crippen LogP contribution in [0.25, 0.3) is 0 Å². The summed E-state index contributed by atoms with van der Waals surface area (Å²) in [5, 5.41) is 2.92. The van der Waals surface area contributed by atoms with Crippen molar-refractivity contribution in [3.05, 3.63) is 17.7 Å². The smallest absolute Gasteiger partial charge is 0.408 e. The number of rotatable bonds is 2. The third kappa shape index (κ3) is 7.22. The lowest BCUT2D eigenvalue weighted by molar-refractivity contribution is 0.0458. The zero-order valence-electron chi connectivity index (χ0n) is 16.4. The number of aromatic amines is 1. The summed E-state index contributed by atoms with van der Waals surface area (Å²) in [6.45, 7) is 18.2. The standard InChI is InChI=1S/C18H31N3O2Si/c1-17(2,3)14(21-16(22)23-18(4,5)6)15-19-12-13(20-15)10-11-24(7,8)9/h12,14H,1-9H3,(H,19,20)(H,21,22)/t14-/m1/s1. The Kier molecular flexibility index (Phi) is 5.94. The van der Waals surface area contributed by atoms with E-state index in [2.05, 4.69) is 46.4 Å². The lowest BCUT2D eigenvalue weighted by atomic mass is 9.86. The van der Waals surface area contributed by atoms with E-state index in [9.17, 15) is 4.79 Å². The number of hydrogen-bond donors (Lipinski definition) is 2. The molecule has 1 rings (SSSR count). The Morgan fingerprint density at radius 1 is 1.25 bits per heavy atom. The molecule has 0 saturated carbocycles. The Morgan fingerprint density at radius 3 is 2.29 bits per heavy atom. The number of alkyl carbamates (subject to hydrolysis) is 1. The van der Waals surface area contributed by atoms with Crippen molar-refractivity contribution < 1.29 is 9.53 Å². The van der Waals surface area contributed by atoms with Gasteiger partial charge in [-0.25, -0.2) is 9.78 Å². The van der Waals surface area contributed by atoms with Gasteiger partial charge in [0.2, 0.25) is 0 Å². The first kappa shape index (κ1) is 20.3. The molecular weight excluding hydrogens is 318 g/mol. The van der Waals surface area contributed by atoms with Crippen molar-refractivity contribution in [3.63, 3.8) is 0 Å². The highest BCUT2D eigenvalue weighted by Crippen LogP contribution is 2.31. The highest BCUT2D eigenvalue weighted by Gasteiger charge is 2.32. The van der Waals surface area contributed by atoms with E-state index in [-0.39, 0.29) is 11.5 Å². The fraction of sp³-hybridized carbons (Fsp3) is 0.667. The average molecular weight is 350 g/mol. The van der Waals surface area contributed by atoms with E-state index < -0.39 is 19.8 Å². The van der Waals surface area contributed by atoms with Crippen molar-refractivity contribution in [2.75, 3.05) is 0 Å². The maximum Gasteiger partial charge on any atom is 0.408 e. The first-order valence-electron chi connectivity index (χ1n) is 8.25. The Bertz CT molecular complexity index is 634. The quantitative estimate of drug-likeness (QED) is 0.619. The molecule has 134 valence electrons. The number of ether oxygens (including phenoxy) is 1. The predicted molar refractivity (Wildman–Crippen MR) is 100 cm³/mol. The van der Waals surface area contributed by atoms with Crippen LogP contribution in [-0.4, -0.2) is 29.7 Å². The minimum atomic E-state index is -1.45. The number of hydrogen-bond acceptors (Lipinski definition) is 3. The molecule has 0 spiro atoms. The van der Waals surface area contributed by atoms with Crippen molar-refractivity contribution in [3.8, 4) is 11.5 Å². The minimum Gasteiger partial charge on any atom is -0.444 e. The normalized spacial score (nSPS) is 13.7. The summed E-state index contributed by atoms with van der Waals surface area (Å²) in [7, 11) is -1.45. The maximum absolute atomic E-state index is 12.2. The van der Waals surface area contributed by atoms with Gasteiger partial charge in [0.25, 0.3) is 0 Å². The zero-order chi connectivity index (χ0) is 18.8. The van der Waals surface area contributed by atoms with Crippen LogP contribution in [0.2, 0.25) is 19.6 Å². The first-order valence-corrected chi connectivity index (χ1v) is 11.8. The van der Waals surface area contributed by atoms with Crippen molar-refractivity contribution in [1.29, 1.82) is 0 Å². The van der Waals surface area contributed by atoms with Crippen LogP contribution in [0.15, 0.2) is 6.20 Å². The molecule has 0 fully saturated rings.